The Labute approximate surface area is 193 Å². The number of hydrogen-bond acceptors (Lipinski definition) is 5. The standard InChI is InChI=1S/C27H26N2O4/c1-4-15-33-21-13-12-20(16-18(21)3)25(30)23-24(19-10-8-17(2)9-11-19)29(27(32)26(23)31)22-7-5-6-14-28-22/h5-14,16,24,30H,4,15H2,1-3H3/t24-/m1/s1. The van der Waals surface area contributed by atoms with Gasteiger partial charge in [0.2, 0.25) is 0 Å². The molecule has 0 unspecified atom stereocenters. The largest absolute Gasteiger partial charge is 0.507 e. The van der Waals surface area contributed by atoms with Gasteiger partial charge >= 0.3 is 5.91 Å². The maximum Gasteiger partial charge on any atom is 0.301 e. The second kappa shape index (κ2) is 9.28. The van der Waals surface area contributed by atoms with E-state index in [0.29, 0.717) is 23.6 Å². The lowest BCUT2D eigenvalue weighted by Crippen LogP contribution is -2.30. The van der Waals surface area contributed by atoms with E-state index in [1.165, 1.54) is 4.90 Å². The molecule has 0 bridgehead atoms. The Morgan fingerprint density at radius 3 is 2.45 bits per heavy atom. The fourth-order valence-electron chi connectivity index (χ4n) is 3.96. The molecule has 6 heteroatoms. The van der Waals surface area contributed by atoms with E-state index < -0.39 is 17.7 Å². The van der Waals surface area contributed by atoms with Crippen molar-refractivity contribution in [1.29, 1.82) is 0 Å². The van der Waals surface area contributed by atoms with Crippen LogP contribution in [-0.2, 0) is 9.59 Å². The first-order valence-corrected chi connectivity index (χ1v) is 10.9. The number of ketones is 1. The van der Waals surface area contributed by atoms with Crippen molar-refractivity contribution < 1.29 is 19.4 Å². The lowest BCUT2D eigenvalue weighted by Gasteiger charge is -2.24. The van der Waals surface area contributed by atoms with Crippen molar-refractivity contribution >= 4 is 23.3 Å². The molecule has 1 N–H and O–H groups in total. The molecule has 33 heavy (non-hydrogen) atoms. The van der Waals surface area contributed by atoms with Crippen molar-refractivity contribution in [3.05, 3.63) is 94.7 Å². The minimum absolute atomic E-state index is 0.0381. The van der Waals surface area contributed by atoms with E-state index in [1.54, 1.807) is 42.6 Å². The van der Waals surface area contributed by atoms with Crippen LogP contribution in [0.1, 0.15) is 41.6 Å². The molecule has 4 rings (SSSR count). The summed E-state index contributed by atoms with van der Waals surface area (Å²) in [6.45, 7) is 6.46. The predicted molar refractivity (Wildman–Crippen MR) is 127 cm³/mol. The van der Waals surface area contributed by atoms with Gasteiger partial charge in [0.05, 0.1) is 18.2 Å². The predicted octanol–water partition coefficient (Wildman–Crippen LogP) is 5.11. The Morgan fingerprint density at radius 2 is 1.82 bits per heavy atom. The van der Waals surface area contributed by atoms with Gasteiger partial charge in [0.15, 0.2) is 0 Å². The molecule has 2 heterocycles. The summed E-state index contributed by atoms with van der Waals surface area (Å²) in [5, 5.41) is 11.3. The monoisotopic (exact) mass is 442 g/mol. The lowest BCUT2D eigenvalue weighted by atomic mass is 9.94. The Kier molecular flexibility index (Phi) is 6.27. The van der Waals surface area contributed by atoms with E-state index in [1.807, 2.05) is 45.0 Å². The van der Waals surface area contributed by atoms with Gasteiger partial charge < -0.3 is 9.84 Å². The van der Waals surface area contributed by atoms with Gasteiger partial charge in [0, 0.05) is 11.8 Å². The number of rotatable bonds is 6. The van der Waals surface area contributed by atoms with E-state index >= 15 is 0 Å². The number of amides is 1. The van der Waals surface area contributed by atoms with Crippen LogP contribution in [0.2, 0.25) is 0 Å². The molecule has 1 aromatic heterocycles. The van der Waals surface area contributed by atoms with Crippen molar-refractivity contribution in [3.8, 4) is 5.75 Å². The molecule has 1 saturated heterocycles. The summed E-state index contributed by atoms with van der Waals surface area (Å²) in [6, 6.07) is 17.2. The van der Waals surface area contributed by atoms with Gasteiger partial charge in [-0.15, -0.1) is 0 Å². The average molecular weight is 443 g/mol. The van der Waals surface area contributed by atoms with Crippen LogP contribution in [0, 0.1) is 13.8 Å². The third-order valence-electron chi connectivity index (χ3n) is 5.64. The number of anilines is 1. The van der Waals surface area contributed by atoms with Crippen LogP contribution in [0.4, 0.5) is 5.82 Å². The average Bonchev–Trinajstić information content (AvgIpc) is 3.09. The molecule has 0 spiro atoms. The number of ether oxygens (including phenoxy) is 1. The third kappa shape index (κ3) is 4.24. The SMILES string of the molecule is CCCOc1ccc(C(O)=C2C(=O)C(=O)N(c3ccccn3)[C@@H]2c2ccc(C)cc2)cc1C. The first kappa shape index (κ1) is 22.3. The van der Waals surface area contributed by atoms with Gasteiger partial charge in [-0.25, -0.2) is 4.98 Å². The van der Waals surface area contributed by atoms with Crippen molar-refractivity contribution in [2.24, 2.45) is 0 Å². The molecular formula is C27H26N2O4. The van der Waals surface area contributed by atoms with Crippen LogP contribution in [0.25, 0.3) is 5.76 Å². The zero-order valence-corrected chi connectivity index (χ0v) is 18.9. The molecule has 0 aliphatic carbocycles. The summed E-state index contributed by atoms with van der Waals surface area (Å²) in [5.74, 6) is -0.614. The van der Waals surface area contributed by atoms with Crippen molar-refractivity contribution in [1.82, 2.24) is 4.98 Å². The number of Topliss-reactive ketones (excluding diaryl/α,β-unsaturated/α-hetero) is 1. The van der Waals surface area contributed by atoms with Gasteiger partial charge in [-0.3, -0.25) is 14.5 Å². The molecule has 6 nitrogen and oxygen atoms in total. The Balaban J connectivity index is 1.86. The number of carbonyl (C=O) groups is 2. The summed E-state index contributed by atoms with van der Waals surface area (Å²) in [5.41, 5.74) is 3.08. The molecule has 1 amide bonds. The summed E-state index contributed by atoms with van der Waals surface area (Å²) >= 11 is 0. The molecule has 1 fully saturated rings. The maximum atomic E-state index is 13.2. The highest BCUT2D eigenvalue weighted by molar-refractivity contribution is 6.51. The van der Waals surface area contributed by atoms with Gasteiger partial charge in [-0.05, 0) is 61.7 Å². The molecule has 2 aromatic carbocycles. The highest BCUT2D eigenvalue weighted by atomic mass is 16.5. The van der Waals surface area contributed by atoms with Crippen LogP contribution in [0.5, 0.6) is 5.75 Å². The van der Waals surface area contributed by atoms with Crippen LogP contribution >= 0.6 is 0 Å². The number of aromatic nitrogens is 1. The van der Waals surface area contributed by atoms with Gasteiger partial charge in [0.25, 0.3) is 5.78 Å². The zero-order valence-electron chi connectivity index (χ0n) is 18.9. The molecule has 168 valence electrons. The number of hydrogen-bond donors (Lipinski definition) is 1. The lowest BCUT2D eigenvalue weighted by molar-refractivity contribution is -0.132. The van der Waals surface area contributed by atoms with Gasteiger partial charge in [-0.2, -0.15) is 0 Å². The smallest absolute Gasteiger partial charge is 0.301 e. The molecule has 0 radical (unpaired) electrons. The number of benzene rings is 2. The topological polar surface area (TPSA) is 79.7 Å². The van der Waals surface area contributed by atoms with E-state index in [0.717, 1.165) is 23.3 Å². The number of nitrogens with zero attached hydrogens (tertiary/aromatic N) is 2. The molecule has 1 atom stereocenters. The van der Waals surface area contributed by atoms with E-state index in [2.05, 4.69) is 4.98 Å². The summed E-state index contributed by atoms with van der Waals surface area (Å²) in [7, 11) is 0. The highest BCUT2D eigenvalue weighted by Gasteiger charge is 2.47. The first-order chi connectivity index (χ1) is 15.9. The summed E-state index contributed by atoms with van der Waals surface area (Å²) < 4.78 is 5.73. The Bertz CT molecular complexity index is 1220. The molecule has 1 aliphatic rings. The molecule has 0 saturated carbocycles. The number of pyridine rings is 1. The van der Waals surface area contributed by atoms with Gasteiger partial charge in [-0.1, -0.05) is 42.8 Å². The fraction of sp³-hybridized carbons (Fsp3) is 0.222. The Hall–Kier alpha value is -3.93. The van der Waals surface area contributed by atoms with Crippen LogP contribution in [-0.4, -0.2) is 28.4 Å². The molecule has 3 aromatic rings. The van der Waals surface area contributed by atoms with Crippen molar-refractivity contribution in [2.75, 3.05) is 11.5 Å². The van der Waals surface area contributed by atoms with Crippen molar-refractivity contribution in [2.45, 2.75) is 33.2 Å². The number of aliphatic hydroxyl groups excluding tert-OH is 1. The van der Waals surface area contributed by atoms with E-state index in [9.17, 15) is 14.7 Å². The fourth-order valence-corrected chi connectivity index (χ4v) is 3.96. The van der Waals surface area contributed by atoms with Gasteiger partial charge in [0.1, 0.15) is 17.3 Å². The van der Waals surface area contributed by atoms with E-state index in [-0.39, 0.29) is 11.3 Å². The second-order valence-corrected chi connectivity index (χ2v) is 8.10. The van der Waals surface area contributed by atoms with E-state index in [4.69, 9.17) is 4.74 Å². The minimum atomic E-state index is -0.795. The van der Waals surface area contributed by atoms with Crippen molar-refractivity contribution in [3.63, 3.8) is 0 Å². The Morgan fingerprint density at radius 1 is 1.06 bits per heavy atom. The summed E-state index contributed by atoms with van der Waals surface area (Å²) in [6.07, 6.45) is 2.45. The van der Waals surface area contributed by atoms with Crippen LogP contribution in [0.3, 0.4) is 0 Å². The first-order valence-electron chi connectivity index (χ1n) is 10.9. The quantitative estimate of drug-likeness (QED) is 0.326. The zero-order chi connectivity index (χ0) is 23.5. The minimum Gasteiger partial charge on any atom is -0.507 e. The molecule has 1 aliphatic heterocycles. The van der Waals surface area contributed by atoms with Crippen LogP contribution < -0.4 is 9.64 Å². The molecular weight excluding hydrogens is 416 g/mol. The summed E-state index contributed by atoms with van der Waals surface area (Å²) in [4.78, 5) is 31.9. The number of aryl methyl sites for hydroxylation is 2. The normalized spacial score (nSPS) is 17.4. The highest BCUT2D eigenvalue weighted by Crippen LogP contribution is 2.41. The maximum absolute atomic E-state index is 13.2. The van der Waals surface area contributed by atoms with Crippen LogP contribution in [0.15, 0.2) is 72.4 Å². The second-order valence-electron chi connectivity index (χ2n) is 8.10. The number of carbonyl (C=O) groups excluding carboxylic acids is 2. The third-order valence-corrected chi connectivity index (χ3v) is 5.64. The number of aliphatic hydroxyl groups is 1.